The van der Waals surface area contributed by atoms with E-state index in [1.165, 1.54) is 17.7 Å². The monoisotopic (exact) mass is 137 g/mol. The highest BCUT2D eigenvalue weighted by Crippen LogP contribution is 2.14. The van der Waals surface area contributed by atoms with Gasteiger partial charge in [-0.05, 0) is 30.9 Å². The summed E-state index contributed by atoms with van der Waals surface area (Å²) in [4.78, 5) is 4.29. The summed E-state index contributed by atoms with van der Waals surface area (Å²) in [6.07, 6.45) is 3.42. The van der Waals surface area contributed by atoms with Crippen molar-refractivity contribution >= 4 is 5.71 Å². The van der Waals surface area contributed by atoms with E-state index in [0.717, 1.165) is 12.5 Å². The first-order valence-electron chi connectivity index (χ1n) is 3.89. The summed E-state index contributed by atoms with van der Waals surface area (Å²) in [6.45, 7) is 7.50. The smallest absolute Gasteiger partial charge is 0.0606 e. The van der Waals surface area contributed by atoms with Crippen LogP contribution >= 0.6 is 0 Å². The number of hydrogen-bond acceptors (Lipinski definition) is 1. The Balaban J connectivity index is 2.41. The Hall–Kier alpha value is -0.590. The Morgan fingerprint density at radius 1 is 1.60 bits per heavy atom. The molecule has 0 radical (unpaired) electrons. The van der Waals surface area contributed by atoms with Gasteiger partial charge < -0.3 is 0 Å². The van der Waals surface area contributed by atoms with Crippen molar-refractivity contribution in [3.8, 4) is 0 Å². The van der Waals surface area contributed by atoms with Crippen LogP contribution in [0.25, 0.3) is 0 Å². The highest BCUT2D eigenvalue weighted by molar-refractivity contribution is 5.95. The molecule has 0 saturated heterocycles. The van der Waals surface area contributed by atoms with Crippen LogP contribution < -0.4 is 0 Å². The van der Waals surface area contributed by atoms with Gasteiger partial charge in [-0.15, -0.1) is 0 Å². The molecule has 0 amide bonds. The van der Waals surface area contributed by atoms with Crippen LogP contribution in [0, 0.1) is 5.92 Å². The third-order valence-corrected chi connectivity index (χ3v) is 1.61. The number of aliphatic imine (C=N–C) groups is 1. The molecule has 0 N–H and O–H groups in total. The maximum absolute atomic E-state index is 4.29. The quantitative estimate of drug-likeness (QED) is 0.554. The van der Waals surface area contributed by atoms with Crippen molar-refractivity contribution in [2.75, 3.05) is 6.54 Å². The van der Waals surface area contributed by atoms with E-state index in [9.17, 15) is 0 Å². The van der Waals surface area contributed by atoms with E-state index in [0.29, 0.717) is 0 Å². The summed E-state index contributed by atoms with van der Waals surface area (Å²) in [5.74, 6) is 0.771. The average molecular weight is 137 g/mol. The molecule has 0 fully saturated rings. The zero-order valence-electron chi connectivity index (χ0n) is 7.02. The van der Waals surface area contributed by atoms with Crippen LogP contribution in [-0.2, 0) is 0 Å². The van der Waals surface area contributed by atoms with Gasteiger partial charge >= 0.3 is 0 Å². The van der Waals surface area contributed by atoms with Crippen LogP contribution in [0.15, 0.2) is 16.6 Å². The molecule has 56 valence electrons. The van der Waals surface area contributed by atoms with Gasteiger partial charge in [-0.1, -0.05) is 13.8 Å². The summed E-state index contributed by atoms with van der Waals surface area (Å²) in [7, 11) is 0. The van der Waals surface area contributed by atoms with Crippen LogP contribution in [0.1, 0.15) is 27.2 Å². The second kappa shape index (κ2) is 3.00. The van der Waals surface area contributed by atoms with Gasteiger partial charge in [0.15, 0.2) is 0 Å². The fourth-order valence-corrected chi connectivity index (χ4v) is 1.26. The first-order chi connectivity index (χ1) is 4.68. The van der Waals surface area contributed by atoms with Crippen molar-refractivity contribution in [1.82, 2.24) is 0 Å². The Kier molecular flexibility index (Phi) is 2.25. The molecule has 0 aliphatic carbocycles. The maximum Gasteiger partial charge on any atom is 0.0606 e. The molecule has 1 heterocycles. The minimum Gasteiger partial charge on any atom is -0.286 e. The summed E-state index contributed by atoms with van der Waals surface area (Å²) >= 11 is 0. The molecule has 0 saturated carbocycles. The van der Waals surface area contributed by atoms with E-state index in [2.05, 4.69) is 31.8 Å². The van der Waals surface area contributed by atoms with Gasteiger partial charge in [-0.25, -0.2) is 0 Å². The van der Waals surface area contributed by atoms with Crippen LogP contribution in [0.2, 0.25) is 0 Å². The molecule has 0 unspecified atom stereocenters. The predicted octanol–water partition coefficient (Wildman–Crippen LogP) is 2.43. The summed E-state index contributed by atoms with van der Waals surface area (Å²) in [6, 6.07) is 0. The lowest BCUT2D eigenvalue weighted by Gasteiger charge is -2.02. The number of hydrogen-bond donors (Lipinski definition) is 0. The number of nitrogens with zero attached hydrogens (tertiary/aromatic N) is 1. The molecule has 0 atom stereocenters. The Bertz CT molecular complexity index is 175. The fourth-order valence-electron chi connectivity index (χ4n) is 1.26. The van der Waals surface area contributed by atoms with E-state index < -0.39 is 0 Å². The molecule has 1 aliphatic heterocycles. The molecule has 0 spiro atoms. The van der Waals surface area contributed by atoms with Crippen LogP contribution in [0.3, 0.4) is 0 Å². The molecule has 0 bridgehead atoms. The average Bonchev–Trinajstić information content (AvgIpc) is 2.13. The van der Waals surface area contributed by atoms with Crippen molar-refractivity contribution in [1.29, 1.82) is 0 Å². The zero-order valence-corrected chi connectivity index (χ0v) is 7.02. The van der Waals surface area contributed by atoms with E-state index in [1.807, 2.05) is 0 Å². The van der Waals surface area contributed by atoms with E-state index in [1.54, 1.807) is 0 Å². The molecule has 1 nitrogen and oxygen atoms in total. The largest absolute Gasteiger partial charge is 0.286 e. The Labute approximate surface area is 62.9 Å². The first-order valence-corrected chi connectivity index (χ1v) is 3.89. The second-order valence-electron chi connectivity index (χ2n) is 3.36. The van der Waals surface area contributed by atoms with E-state index in [-0.39, 0.29) is 0 Å². The Morgan fingerprint density at radius 2 is 2.30 bits per heavy atom. The van der Waals surface area contributed by atoms with Crippen LogP contribution in [0.4, 0.5) is 0 Å². The lowest BCUT2D eigenvalue weighted by atomic mass is 10.0. The Morgan fingerprint density at radius 3 is 2.70 bits per heavy atom. The molecule has 0 aromatic heterocycles. The van der Waals surface area contributed by atoms with Gasteiger partial charge in [0.25, 0.3) is 0 Å². The predicted molar refractivity (Wildman–Crippen MR) is 45.5 cm³/mol. The highest BCUT2D eigenvalue weighted by atomic mass is 14.7. The van der Waals surface area contributed by atoms with Crippen LogP contribution in [0.5, 0.6) is 0 Å². The number of allylic oxidation sites excluding steroid dienone is 1. The van der Waals surface area contributed by atoms with Gasteiger partial charge in [0.05, 0.1) is 6.54 Å². The zero-order chi connectivity index (χ0) is 7.56. The normalized spacial score (nSPS) is 17.6. The van der Waals surface area contributed by atoms with Crippen LogP contribution in [-0.4, -0.2) is 12.3 Å². The third kappa shape index (κ3) is 1.98. The lowest BCUT2D eigenvalue weighted by Crippen LogP contribution is -1.91. The fraction of sp³-hybridized carbons (Fsp3) is 0.667. The van der Waals surface area contributed by atoms with Crippen molar-refractivity contribution in [3.05, 3.63) is 11.6 Å². The minimum atomic E-state index is 0.771. The minimum absolute atomic E-state index is 0.771. The number of rotatable bonds is 2. The molecule has 0 aromatic rings. The van der Waals surface area contributed by atoms with Gasteiger partial charge in [0.2, 0.25) is 0 Å². The molecule has 1 heteroatoms. The second-order valence-corrected chi connectivity index (χ2v) is 3.36. The highest BCUT2D eigenvalue weighted by Gasteiger charge is 2.05. The van der Waals surface area contributed by atoms with Crippen molar-refractivity contribution in [2.24, 2.45) is 10.9 Å². The van der Waals surface area contributed by atoms with Crippen molar-refractivity contribution in [3.63, 3.8) is 0 Å². The maximum atomic E-state index is 4.29. The molecular weight excluding hydrogens is 122 g/mol. The topological polar surface area (TPSA) is 12.4 Å². The summed E-state index contributed by atoms with van der Waals surface area (Å²) in [5, 5.41) is 0. The van der Waals surface area contributed by atoms with E-state index in [4.69, 9.17) is 0 Å². The molecule has 0 aromatic carbocycles. The van der Waals surface area contributed by atoms with Gasteiger partial charge in [0.1, 0.15) is 0 Å². The van der Waals surface area contributed by atoms with Gasteiger partial charge in [-0.2, -0.15) is 0 Å². The molecular formula is C9H15N. The van der Waals surface area contributed by atoms with Gasteiger partial charge in [0, 0.05) is 5.71 Å². The van der Waals surface area contributed by atoms with Crippen molar-refractivity contribution in [2.45, 2.75) is 27.2 Å². The van der Waals surface area contributed by atoms with Gasteiger partial charge in [-0.3, -0.25) is 4.99 Å². The standard InChI is InChI=1S/C9H15N/c1-7(2)4-9-5-8(3)10-6-9/h5,7H,4,6H2,1-3H3. The summed E-state index contributed by atoms with van der Waals surface area (Å²) in [5.41, 5.74) is 2.68. The SMILES string of the molecule is CC1=NCC(CC(C)C)=C1. The first kappa shape index (κ1) is 7.52. The van der Waals surface area contributed by atoms with Crippen molar-refractivity contribution < 1.29 is 0 Å². The summed E-state index contributed by atoms with van der Waals surface area (Å²) < 4.78 is 0. The lowest BCUT2D eigenvalue weighted by molar-refractivity contribution is 0.638. The molecule has 1 aliphatic rings. The molecule has 1 rings (SSSR count). The van der Waals surface area contributed by atoms with E-state index >= 15 is 0 Å². The third-order valence-electron chi connectivity index (χ3n) is 1.61. The molecule has 10 heavy (non-hydrogen) atoms.